The van der Waals surface area contributed by atoms with Crippen molar-refractivity contribution in [3.05, 3.63) is 66.0 Å². The minimum atomic E-state index is -0.182. The Balaban J connectivity index is 1.48. The maximum atomic E-state index is 12.3. The van der Waals surface area contributed by atoms with Gasteiger partial charge >= 0.3 is 0 Å². The number of nitrogens with one attached hydrogen (secondary N) is 1. The molecule has 0 unspecified atom stereocenters. The molecule has 120 valence electrons. The summed E-state index contributed by atoms with van der Waals surface area (Å²) in [5.41, 5.74) is 2.35. The van der Waals surface area contributed by atoms with E-state index in [1.54, 1.807) is 17.2 Å². The van der Waals surface area contributed by atoms with Crippen LogP contribution in [0.15, 0.2) is 54.7 Å². The number of benzene rings is 1. The zero-order valence-corrected chi connectivity index (χ0v) is 13.6. The summed E-state index contributed by atoms with van der Waals surface area (Å²) in [5, 5.41) is 9.00. The number of carbonyl (C=O) groups is 1. The largest absolute Gasteiger partial charge is 0.344 e. The Morgan fingerprint density at radius 2 is 2.12 bits per heavy atom. The van der Waals surface area contributed by atoms with E-state index < -0.39 is 0 Å². The molecule has 0 fully saturated rings. The lowest BCUT2D eigenvalue weighted by atomic mass is 10.1. The summed E-state index contributed by atoms with van der Waals surface area (Å²) in [6.07, 6.45) is 6.76. The number of rotatable bonds is 4. The lowest BCUT2D eigenvalue weighted by Gasteiger charge is -2.14. The monoisotopic (exact) mass is 338 g/mol. The van der Waals surface area contributed by atoms with Crippen LogP contribution < -0.4 is 5.32 Å². The molecular formula is C16H14N6OS. The maximum Gasteiger partial charge on any atom is 0.272 e. The van der Waals surface area contributed by atoms with Gasteiger partial charge in [0.15, 0.2) is 4.96 Å². The molecule has 4 rings (SSSR count). The fraction of sp³-hybridized carbons (Fsp3) is 0.125. The summed E-state index contributed by atoms with van der Waals surface area (Å²) in [6.45, 7) is 1.95. The van der Waals surface area contributed by atoms with Gasteiger partial charge in [-0.05, 0) is 24.6 Å². The molecule has 8 heteroatoms. The fourth-order valence-electron chi connectivity index (χ4n) is 2.45. The first-order valence-corrected chi connectivity index (χ1v) is 8.27. The van der Waals surface area contributed by atoms with Crippen LogP contribution in [0.5, 0.6) is 0 Å². The third kappa shape index (κ3) is 2.67. The summed E-state index contributed by atoms with van der Waals surface area (Å²) in [5.74, 6) is -0.182. The van der Waals surface area contributed by atoms with Gasteiger partial charge in [-0.25, -0.2) is 14.6 Å². The Kier molecular flexibility index (Phi) is 3.58. The number of imidazole rings is 1. The second-order valence-corrected chi connectivity index (χ2v) is 6.22. The van der Waals surface area contributed by atoms with Crippen LogP contribution in [0.4, 0.5) is 0 Å². The van der Waals surface area contributed by atoms with E-state index in [1.165, 1.54) is 17.7 Å². The second kappa shape index (κ2) is 5.89. The lowest BCUT2D eigenvalue weighted by molar-refractivity contribution is 0.0935. The molecule has 0 radical (unpaired) electrons. The number of carbonyl (C=O) groups excluding carboxylic acids is 1. The van der Waals surface area contributed by atoms with Gasteiger partial charge in [-0.15, -0.1) is 11.3 Å². The number of amides is 1. The topological polar surface area (TPSA) is 77.1 Å². The van der Waals surface area contributed by atoms with E-state index in [1.807, 2.05) is 47.2 Å². The highest BCUT2D eigenvalue weighted by molar-refractivity contribution is 7.15. The lowest BCUT2D eigenvalue weighted by Crippen LogP contribution is -2.26. The molecule has 3 aromatic heterocycles. The van der Waals surface area contributed by atoms with Gasteiger partial charge in [-0.3, -0.25) is 9.20 Å². The molecule has 0 aliphatic heterocycles. The van der Waals surface area contributed by atoms with Crippen molar-refractivity contribution in [2.75, 3.05) is 0 Å². The summed E-state index contributed by atoms with van der Waals surface area (Å²) in [4.78, 5) is 21.4. The highest BCUT2D eigenvalue weighted by atomic mass is 32.1. The minimum Gasteiger partial charge on any atom is -0.344 e. The van der Waals surface area contributed by atoms with Crippen LogP contribution in [0, 0.1) is 0 Å². The molecular weight excluding hydrogens is 324 g/mol. The molecule has 1 aromatic carbocycles. The highest BCUT2D eigenvalue weighted by Crippen LogP contribution is 2.17. The number of hydrogen-bond donors (Lipinski definition) is 1. The predicted molar refractivity (Wildman–Crippen MR) is 90.3 cm³/mol. The van der Waals surface area contributed by atoms with Gasteiger partial charge in [-0.1, -0.05) is 12.1 Å². The fourth-order valence-corrected chi connectivity index (χ4v) is 3.15. The SMILES string of the molecule is C[C@@H](NC(=O)c1cn2ccsc2n1)c1ccc(-n2cncn2)cc1. The zero-order chi connectivity index (χ0) is 16.5. The number of nitrogens with zero attached hydrogens (tertiary/aromatic N) is 5. The van der Waals surface area contributed by atoms with E-state index >= 15 is 0 Å². The zero-order valence-electron chi connectivity index (χ0n) is 12.8. The molecule has 1 amide bonds. The average molecular weight is 338 g/mol. The first-order valence-electron chi connectivity index (χ1n) is 7.39. The average Bonchev–Trinajstić information content (AvgIpc) is 3.31. The molecule has 0 bridgehead atoms. The quantitative estimate of drug-likeness (QED) is 0.620. The first kappa shape index (κ1) is 14.6. The van der Waals surface area contributed by atoms with Crippen molar-refractivity contribution in [2.45, 2.75) is 13.0 Å². The maximum absolute atomic E-state index is 12.3. The van der Waals surface area contributed by atoms with E-state index in [2.05, 4.69) is 20.4 Å². The number of aromatic nitrogens is 5. The highest BCUT2D eigenvalue weighted by Gasteiger charge is 2.15. The number of hydrogen-bond acceptors (Lipinski definition) is 5. The van der Waals surface area contributed by atoms with E-state index in [0.717, 1.165) is 16.2 Å². The van der Waals surface area contributed by atoms with Crippen LogP contribution in [0.25, 0.3) is 10.6 Å². The standard InChI is InChI=1S/C16H14N6OS/c1-11(12-2-4-13(5-3-12)22-10-17-9-18-22)19-15(23)14-8-21-6-7-24-16(21)20-14/h2-11H,1H3,(H,19,23)/t11-/m1/s1. The van der Waals surface area contributed by atoms with Crippen molar-refractivity contribution in [3.8, 4) is 5.69 Å². The van der Waals surface area contributed by atoms with Gasteiger partial charge < -0.3 is 5.32 Å². The Bertz CT molecular complexity index is 941. The third-order valence-electron chi connectivity index (χ3n) is 3.75. The Hall–Kier alpha value is -3.00. The Morgan fingerprint density at radius 1 is 1.29 bits per heavy atom. The van der Waals surface area contributed by atoms with Gasteiger partial charge in [-0.2, -0.15) is 5.10 Å². The molecule has 1 N–H and O–H groups in total. The molecule has 3 heterocycles. The van der Waals surface area contributed by atoms with Crippen molar-refractivity contribution >= 4 is 22.2 Å². The number of fused-ring (bicyclic) bond motifs is 1. The molecule has 0 aliphatic carbocycles. The summed E-state index contributed by atoms with van der Waals surface area (Å²) >= 11 is 1.50. The first-order chi connectivity index (χ1) is 11.7. The molecule has 0 saturated carbocycles. The van der Waals surface area contributed by atoms with Crippen molar-refractivity contribution in [1.82, 2.24) is 29.5 Å². The van der Waals surface area contributed by atoms with Crippen molar-refractivity contribution < 1.29 is 4.79 Å². The molecule has 7 nitrogen and oxygen atoms in total. The third-order valence-corrected chi connectivity index (χ3v) is 4.52. The van der Waals surface area contributed by atoms with Crippen molar-refractivity contribution in [3.63, 3.8) is 0 Å². The van der Waals surface area contributed by atoms with Gasteiger partial charge in [0.25, 0.3) is 5.91 Å². The summed E-state index contributed by atoms with van der Waals surface area (Å²) in [7, 11) is 0. The minimum absolute atomic E-state index is 0.123. The van der Waals surface area contributed by atoms with Crippen LogP contribution in [-0.4, -0.2) is 30.1 Å². The van der Waals surface area contributed by atoms with Crippen LogP contribution >= 0.6 is 11.3 Å². The van der Waals surface area contributed by atoms with Gasteiger partial charge in [0, 0.05) is 17.8 Å². The van der Waals surface area contributed by atoms with Crippen LogP contribution in [0.3, 0.4) is 0 Å². The number of thiazole rings is 1. The Morgan fingerprint density at radius 3 is 2.83 bits per heavy atom. The van der Waals surface area contributed by atoms with Crippen LogP contribution in [0.2, 0.25) is 0 Å². The summed E-state index contributed by atoms with van der Waals surface area (Å²) in [6, 6.07) is 7.70. The van der Waals surface area contributed by atoms with Gasteiger partial charge in [0.2, 0.25) is 0 Å². The van der Waals surface area contributed by atoms with E-state index in [4.69, 9.17) is 0 Å². The van der Waals surface area contributed by atoms with E-state index in [-0.39, 0.29) is 11.9 Å². The normalized spacial score (nSPS) is 12.4. The van der Waals surface area contributed by atoms with Crippen molar-refractivity contribution in [1.29, 1.82) is 0 Å². The van der Waals surface area contributed by atoms with Crippen LogP contribution in [-0.2, 0) is 0 Å². The van der Waals surface area contributed by atoms with Crippen molar-refractivity contribution in [2.24, 2.45) is 0 Å². The van der Waals surface area contributed by atoms with E-state index in [0.29, 0.717) is 5.69 Å². The molecule has 0 saturated heterocycles. The van der Waals surface area contributed by atoms with E-state index in [9.17, 15) is 4.79 Å². The molecule has 24 heavy (non-hydrogen) atoms. The second-order valence-electron chi connectivity index (χ2n) is 5.35. The predicted octanol–water partition coefficient (Wildman–Crippen LogP) is 2.47. The van der Waals surface area contributed by atoms with Gasteiger partial charge in [0.1, 0.15) is 18.3 Å². The van der Waals surface area contributed by atoms with Crippen LogP contribution in [0.1, 0.15) is 29.0 Å². The molecule has 1 atom stereocenters. The van der Waals surface area contributed by atoms with Gasteiger partial charge in [0.05, 0.1) is 11.7 Å². The summed E-state index contributed by atoms with van der Waals surface area (Å²) < 4.78 is 3.53. The molecule has 4 aromatic rings. The Labute approximate surface area is 141 Å². The molecule has 0 aliphatic rings. The smallest absolute Gasteiger partial charge is 0.272 e. The molecule has 0 spiro atoms.